The summed E-state index contributed by atoms with van der Waals surface area (Å²) >= 11 is 0. The smallest absolute Gasteiger partial charge is 0.257 e. The average Bonchev–Trinajstić information content (AvgIpc) is 2.69. The zero-order valence-electron chi connectivity index (χ0n) is 15.9. The first-order valence-corrected chi connectivity index (χ1v) is 8.97. The lowest BCUT2D eigenvalue weighted by Gasteiger charge is -2.18. The fourth-order valence-corrected chi connectivity index (χ4v) is 2.86. The summed E-state index contributed by atoms with van der Waals surface area (Å²) in [5.41, 5.74) is 4.82. The molecular weight excluding hydrogens is 336 g/mol. The van der Waals surface area contributed by atoms with Crippen molar-refractivity contribution in [2.45, 2.75) is 20.3 Å². The molecule has 0 fully saturated rings. The minimum atomic E-state index is -0.152. The maximum atomic E-state index is 12.5. The third kappa shape index (κ3) is 4.91. The van der Waals surface area contributed by atoms with E-state index in [1.165, 1.54) is 11.1 Å². The van der Waals surface area contributed by atoms with Crippen LogP contribution in [0.2, 0.25) is 0 Å². The van der Waals surface area contributed by atoms with E-state index in [1.807, 2.05) is 57.3 Å². The summed E-state index contributed by atoms with van der Waals surface area (Å²) < 4.78 is 0. The molecular formula is C22H24N4O. The molecule has 3 rings (SSSR count). The van der Waals surface area contributed by atoms with Crippen LogP contribution in [-0.2, 0) is 6.42 Å². The Morgan fingerprint density at radius 3 is 2.52 bits per heavy atom. The second-order valence-electron chi connectivity index (χ2n) is 6.70. The van der Waals surface area contributed by atoms with Gasteiger partial charge in [0, 0.05) is 37.9 Å². The summed E-state index contributed by atoms with van der Waals surface area (Å²) in [5, 5.41) is 2.95. The molecule has 0 spiro atoms. The molecule has 5 heteroatoms. The van der Waals surface area contributed by atoms with Gasteiger partial charge in [-0.3, -0.25) is 9.78 Å². The highest BCUT2D eigenvalue weighted by Crippen LogP contribution is 2.18. The Labute approximate surface area is 160 Å². The van der Waals surface area contributed by atoms with Gasteiger partial charge in [-0.1, -0.05) is 17.7 Å². The van der Waals surface area contributed by atoms with E-state index in [9.17, 15) is 4.79 Å². The van der Waals surface area contributed by atoms with Crippen molar-refractivity contribution >= 4 is 17.4 Å². The number of pyridine rings is 2. The molecule has 1 amide bonds. The van der Waals surface area contributed by atoms with E-state index in [1.54, 1.807) is 18.6 Å². The number of aryl methyl sites for hydroxylation is 2. The number of carbonyl (C=O) groups is 1. The molecule has 1 aromatic carbocycles. The van der Waals surface area contributed by atoms with Gasteiger partial charge < -0.3 is 10.2 Å². The normalized spacial score (nSPS) is 10.5. The van der Waals surface area contributed by atoms with Crippen LogP contribution in [-0.4, -0.2) is 29.5 Å². The second-order valence-corrected chi connectivity index (χ2v) is 6.70. The van der Waals surface area contributed by atoms with Crippen LogP contribution in [0.5, 0.6) is 0 Å². The summed E-state index contributed by atoms with van der Waals surface area (Å²) in [6.45, 7) is 4.86. The Morgan fingerprint density at radius 2 is 1.85 bits per heavy atom. The third-order valence-electron chi connectivity index (χ3n) is 4.52. The van der Waals surface area contributed by atoms with Crippen molar-refractivity contribution in [3.8, 4) is 0 Å². The predicted molar refractivity (Wildman–Crippen MR) is 109 cm³/mol. The van der Waals surface area contributed by atoms with Crippen molar-refractivity contribution in [1.29, 1.82) is 0 Å². The van der Waals surface area contributed by atoms with Gasteiger partial charge in [-0.15, -0.1) is 0 Å². The lowest BCUT2D eigenvalue weighted by molar-refractivity contribution is 0.102. The first kappa shape index (κ1) is 18.6. The molecule has 0 radical (unpaired) electrons. The van der Waals surface area contributed by atoms with Crippen LogP contribution in [0.4, 0.5) is 11.5 Å². The molecule has 0 aliphatic rings. The van der Waals surface area contributed by atoms with Crippen LogP contribution >= 0.6 is 0 Å². The Bertz CT molecular complexity index is 907. The monoisotopic (exact) mass is 360 g/mol. The maximum Gasteiger partial charge on any atom is 0.257 e. The fourth-order valence-electron chi connectivity index (χ4n) is 2.86. The minimum absolute atomic E-state index is 0.152. The number of benzene rings is 1. The highest BCUT2D eigenvalue weighted by atomic mass is 16.1. The van der Waals surface area contributed by atoms with Crippen molar-refractivity contribution in [3.05, 3.63) is 83.3 Å². The Balaban J connectivity index is 1.61. The first-order chi connectivity index (χ1) is 13.0. The highest BCUT2D eigenvalue weighted by Gasteiger charge is 2.10. The molecule has 0 unspecified atom stereocenters. The lowest BCUT2D eigenvalue weighted by Crippen LogP contribution is -2.21. The Hall–Kier alpha value is -3.21. The van der Waals surface area contributed by atoms with Crippen molar-refractivity contribution < 1.29 is 4.79 Å². The lowest BCUT2D eigenvalue weighted by atomic mass is 10.1. The molecule has 0 atom stereocenters. The minimum Gasteiger partial charge on any atom is -0.359 e. The van der Waals surface area contributed by atoms with E-state index < -0.39 is 0 Å². The van der Waals surface area contributed by atoms with Crippen molar-refractivity contribution in [2.24, 2.45) is 0 Å². The SMILES string of the molecule is Cc1ccc(NC(=O)c2ccc(N(C)CCc3ccncc3)nc2)c(C)c1. The number of hydrogen-bond acceptors (Lipinski definition) is 4. The van der Waals surface area contributed by atoms with E-state index >= 15 is 0 Å². The average molecular weight is 360 g/mol. The third-order valence-corrected chi connectivity index (χ3v) is 4.52. The van der Waals surface area contributed by atoms with Gasteiger partial charge in [0.1, 0.15) is 5.82 Å². The molecule has 0 saturated carbocycles. The van der Waals surface area contributed by atoms with Crippen LogP contribution in [0, 0.1) is 13.8 Å². The molecule has 0 aliphatic heterocycles. The number of likely N-dealkylation sites (N-methyl/N-ethyl adjacent to an activating group) is 1. The molecule has 0 aliphatic carbocycles. The van der Waals surface area contributed by atoms with Gasteiger partial charge in [0.25, 0.3) is 5.91 Å². The Kier molecular flexibility index (Phi) is 5.81. The first-order valence-electron chi connectivity index (χ1n) is 8.97. The summed E-state index contributed by atoms with van der Waals surface area (Å²) in [5.74, 6) is 0.688. The quantitative estimate of drug-likeness (QED) is 0.721. The molecule has 2 heterocycles. The molecule has 138 valence electrons. The van der Waals surface area contributed by atoms with E-state index in [0.29, 0.717) is 5.56 Å². The second kappa shape index (κ2) is 8.45. The van der Waals surface area contributed by atoms with Gasteiger partial charge in [0.2, 0.25) is 0 Å². The van der Waals surface area contributed by atoms with Gasteiger partial charge in [-0.25, -0.2) is 4.98 Å². The van der Waals surface area contributed by atoms with Crippen LogP contribution < -0.4 is 10.2 Å². The summed E-state index contributed by atoms with van der Waals surface area (Å²) in [7, 11) is 2.00. The van der Waals surface area contributed by atoms with Gasteiger partial charge >= 0.3 is 0 Å². The number of hydrogen-bond donors (Lipinski definition) is 1. The number of nitrogens with zero attached hydrogens (tertiary/aromatic N) is 3. The van der Waals surface area contributed by atoms with Gasteiger partial charge in [0.05, 0.1) is 5.56 Å². The zero-order valence-corrected chi connectivity index (χ0v) is 15.9. The summed E-state index contributed by atoms with van der Waals surface area (Å²) in [6, 6.07) is 13.7. The Morgan fingerprint density at radius 1 is 1.07 bits per heavy atom. The van der Waals surface area contributed by atoms with Crippen LogP contribution in [0.1, 0.15) is 27.0 Å². The number of aromatic nitrogens is 2. The number of carbonyl (C=O) groups excluding carboxylic acids is 1. The maximum absolute atomic E-state index is 12.5. The van der Waals surface area contributed by atoms with E-state index in [4.69, 9.17) is 0 Å². The molecule has 2 aromatic heterocycles. The molecule has 0 saturated heterocycles. The fraction of sp³-hybridized carbons (Fsp3) is 0.227. The van der Waals surface area contributed by atoms with Gasteiger partial charge in [-0.2, -0.15) is 0 Å². The molecule has 5 nitrogen and oxygen atoms in total. The summed E-state index contributed by atoms with van der Waals surface area (Å²) in [6.07, 6.45) is 6.14. The predicted octanol–water partition coefficient (Wildman–Crippen LogP) is 4.02. The van der Waals surface area contributed by atoms with E-state index in [-0.39, 0.29) is 5.91 Å². The van der Waals surface area contributed by atoms with Crippen molar-refractivity contribution in [3.63, 3.8) is 0 Å². The molecule has 0 bridgehead atoms. The topological polar surface area (TPSA) is 58.1 Å². The molecule has 1 N–H and O–H groups in total. The standard InChI is InChI=1S/C22H24N4O/c1-16-4-6-20(17(2)14-16)25-22(27)19-5-7-21(24-15-19)26(3)13-10-18-8-11-23-12-9-18/h4-9,11-12,14-15H,10,13H2,1-3H3,(H,25,27). The van der Waals surface area contributed by atoms with Crippen molar-refractivity contribution in [1.82, 2.24) is 9.97 Å². The molecule has 3 aromatic rings. The van der Waals surface area contributed by atoms with Gasteiger partial charge in [-0.05, 0) is 61.7 Å². The number of rotatable bonds is 6. The zero-order chi connectivity index (χ0) is 19.2. The number of amides is 1. The largest absolute Gasteiger partial charge is 0.359 e. The summed E-state index contributed by atoms with van der Waals surface area (Å²) in [4.78, 5) is 23.0. The van der Waals surface area contributed by atoms with Crippen LogP contribution in [0.15, 0.2) is 61.1 Å². The highest BCUT2D eigenvalue weighted by molar-refractivity contribution is 6.04. The number of nitrogens with one attached hydrogen (secondary N) is 1. The van der Waals surface area contributed by atoms with Crippen LogP contribution in [0.25, 0.3) is 0 Å². The van der Waals surface area contributed by atoms with E-state index in [0.717, 1.165) is 30.0 Å². The van der Waals surface area contributed by atoms with Crippen molar-refractivity contribution in [2.75, 3.05) is 23.8 Å². The number of anilines is 2. The molecule has 27 heavy (non-hydrogen) atoms. The van der Waals surface area contributed by atoms with Crippen LogP contribution in [0.3, 0.4) is 0 Å². The van der Waals surface area contributed by atoms with Gasteiger partial charge in [0.15, 0.2) is 0 Å². The van der Waals surface area contributed by atoms with E-state index in [2.05, 4.69) is 26.3 Å².